The van der Waals surface area contributed by atoms with Crippen LogP contribution >= 0.6 is 0 Å². The van der Waals surface area contributed by atoms with E-state index in [-0.39, 0.29) is 5.97 Å². The Kier molecular flexibility index (Phi) is 5.69. The molecule has 1 rings (SSSR count). The topological polar surface area (TPSA) is 38.3 Å². The maximum atomic E-state index is 11.3. The lowest BCUT2D eigenvalue weighted by atomic mass is 9.90. The lowest BCUT2D eigenvalue weighted by molar-refractivity contribution is -0.144. The fourth-order valence-electron chi connectivity index (χ4n) is 1.90. The number of esters is 1. The second-order valence-corrected chi connectivity index (χ2v) is 4.72. The molecular formula is C12H23NO2. The molecule has 1 aliphatic carbocycles. The van der Waals surface area contributed by atoms with Crippen LogP contribution in [0.1, 0.15) is 46.0 Å². The van der Waals surface area contributed by atoms with E-state index in [9.17, 15) is 4.79 Å². The molecule has 0 atom stereocenters. The molecule has 0 aromatic heterocycles. The van der Waals surface area contributed by atoms with Crippen LogP contribution in [-0.4, -0.2) is 25.2 Å². The number of hydrogen-bond donors (Lipinski definition) is 1. The average Bonchev–Trinajstić information content (AvgIpc) is 2.25. The summed E-state index contributed by atoms with van der Waals surface area (Å²) in [7, 11) is 0. The van der Waals surface area contributed by atoms with Gasteiger partial charge in [0.25, 0.3) is 0 Å². The molecule has 0 saturated heterocycles. The van der Waals surface area contributed by atoms with Crippen LogP contribution in [0.15, 0.2) is 0 Å². The predicted molar refractivity (Wildman–Crippen MR) is 60.7 cm³/mol. The third-order valence-electron chi connectivity index (χ3n) is 2.86. The first-order valence-corrected chi connectivity index (χ1v) is 6.07. The molecule has 1 saturated carbocycles. The highest BCUT2D eigenvalue weighted by molar-refractivity contribution is 5.71. The number of carbonyl (C=O) groups is 1. The van der Waals surface area contributed by atoms with E-state index < -0.39 is 0 Å². The van der Waals surface area contributed by atoms with Gasteiger partial charge in [-0.1, -0.05) is 33.1 Å². The summed E-state index contributed by atoms with van der Waals surface area (Å²) in [6.45, 7) is 5.01. The summed E-state index contributed by atoms with van der Waals surface area (Å²) in [5, 5.41) is 3.06. The molecule has 0 bridgehead atoms. The van der Waals surface area contributed by atoms with Gasteiger partial charge in [0.1, 0.15) is 0 Å². The first kappa shape index (κ1) is 12.5. The van der Waals surface area contributed by atoms with Crippen molar-refractivity contribution in [1.29, 1.82) is 0 Å². The zero-order valence-corrected chi connectivity index (χ0v) is 9.92. The Labute approximate surface area is 92.6 Å². The highest BCUT2D eigenvalue weighted by Gasteiger charge is 2.15. The first-order valence-electron chi connectivity index (χ1n) is 6.07. The van der Waals surface area contributed by atoms with E-state index in [0.717, 1.165) is 0 Å². The Balaban J connectivity index is 2.05. The van der Waals surface area contributed by atoms with E-state index in [4.69, 9.17) is 4.74 Å². The van der Waals surface area contributed by atoms with Crippen LogP contribution in [0.5, 0.6) is 0 Å². The Morgan fingerprint density at radius 2 is 2.00 bits per heavy atom. The zero-order chi connectivity index (χ0) is 11.1. The summed E-state index contributed by atoms with van der Waals surface area (Å²) in [5.74, 6) is 0.496. The molecule has 0 heterocycles. The van der Waals surface area contributed by atoms with Gasteiger partial charge in [-0.3, -0.25) is 4.79 Å². The van der Waals surface area contributed by atoms with E-state index in [1.165, 1.54) is 32.1 Å². The van der Waals surface area contributed by atoms with Crippen molar-refractivity contribution in [2.75, 3.05) is 13.2 Å². The lowest BCUT2D eigenvalue weighted by Crippen LogP contribution is -2.31. The third-order valence-corrected chi connectivity index (χ3v) is 2.86. The van der Waals surface area contributed by atoms with Gasteiger partial charge in [-0.15, -0.1) is 0 Å². The van der Waals surface area contributed by atoms with Crippen LogP contribution in [0, 0.1) is 5.92 Å². The number of rotatable bonds is 5. The van der Waals surface area contributed by atoms with Crippen molar-refractivity contribution in [3.8, 4) is 0 Å². The summed E-state index contributed by atoms with van der Waals surface area (Å²) in [6, 6.07) is 0.340. The van der Waals surface area contributed by atoms with Gasteiger partial charge >= 0.3 is 5.97 Å². The van der Waals surface area contributed by atoms with E-state index in [1.807, 2.05) is 13.8 Å². The minimum atomic E-state index is -0.116. The van der Waals surface area contributed by atoms with Crippen LogP contribution in [0.2, 0.25) is 0 Å². The van der Waals surface area contributed by atoms with Crippen molar-refractivity contribution in [1.82, 2.24) is 5.32 Å². The predicted octanol–water partition coefficient (Wildman–Crippen LogP) is 2.11. The molecule has 1 fully saturated rings. The highest BCUT2D eigenvalue weighted by Crippen LogP contribution is 2.23. The lowest BCUT2D eigenvalue weighted by Gasteiger charge is -2.21. The van der Waals surface area contributed by atoms with E-state index >= 15 is 0 Å². The van der Waals surface area contributed by atoms with Gasteiger partial charge < -0.3 is 10.1 Å². The first-order chi connectivity index (χ1) is 7.18. The van der Waals surface area contributed by atoms with Gasteiger partial charge in [-0.05, 0) is 18.8 Å². The fraction of sp³-hybridized carbons (Fsp3) is 0.917. The van der Waals surface area contributed by atoms with Crippen LogP contribution in [0.3, 0.4) is 0 Å². The molecule has 0 amide bonds. The Morgan fingerprint density at radius 1 is 1.33 bits per heavy atom. The molecule has 0 radical (unpaired) electrons. The molecule has 0 spiro atoms. The number of hydrogen-bond acceptors (Lipinski definition) is 3. The molecule has 1 N–H and O–H groups in total. The smallest absolute Gasteiger partial charge is 0.319 e. The summed E-state index contributed by atoms with van der Waals surface area (Å²) in [5.41, 5.74) is 0. The standard InChI is InChI=1S/C12H23NO2/c1-10(2)13-8-12(14)15-9-11-6-4-3-5-7-11/h10-11,13H,3-9H2,1-2H3. The van der Waals surface area contributed by atoms with Crippen molar-refractivity contribution in [2.45, 2.75) is 52.0 Å². The Bertz CT molecular complexity index is 186. The van der Waals surface area contributed by atoms with Crippen LogP contribution in [-0.2, 0) is 9.53 Å². The van der Waals surface area contributed by atoms with Gasteiger partial charge in [-0.25, -0.2) is 0 Å². The number of carbonyl (C=O) groups excluding carboxylic acids is 1. The van der Waals surface area contributed by atoms with Gasteiger partial charge in [0.15, 0.2) is 0 Å². The second-order valence-electron chi connectivity index (χ2n) is 4.72. The third kappa shape index (κ3) is 5.78. The van der Waals surface area contributed by atoms with Gasteiger partial charge in [0.2, 0.25) is 0 Å². The SMILES string of the molecule is CC(C)NCC(=O)OCC1CCCCC1. The van der Waals surface area contributed by atoms with Crippen LogP contribution in [0.25, 0.3) is 0 Å². The van der Waals surface area contributed by atoms with Crippen molar-refractivity contribution in [3.63, 3.8) is 0 Å². The largest absolute Gasteiger partial charge is 0.464 e. The molecule has 0 aromatic rings. The number of nitrogens with one attached hydrogen (secondary N) is 1. The molecule has 0 unspecified atom stereocenters. The molecular weight excluding hydrogens is 190 g/mol. The Hall–Kier alpha value is -0.570. The van der Waals surface area contributed by atoms with Crippen molar-refractivity contribution >= 4 is 5.97 Å². The normalized spacial score (nSPS) is 18.1. The summed E-state index contributed by atoms with van der Waals surface area (Å²) >= 11 is 0. The van der Waals surface area contributed by atoms with Gasteiger partial charge in [0, 0.05) is 6.04 Å². The van der Waals surface area contributed by atoms with Gasteiger partial charge in [-0.2, -0.15) is 0 Å². The van der Waals surface area contributed by atoms with E-state index in [0.29, 0.717) is 25.1 Å². The minimum Gasteiger partial charge on any atom is -0.464 e. The molecule has 0 aromatic carbocycles. The van der Waals surface area contributed by atoms with E-state index in [1.54, 1.807) is 0 Å². The monoisotopic (exact) mass is 213 g/mol. The molecule has 3 nitrogen and oxygen atoms in total. The molecule has 88 valence electrons. The summed E-state index contributed by atoms with van der Waals surface area (Å²) < 4.78 is 5.23. The fourth-order valence-corrected chi connectivity index (χ4v) is 1.90. The van der Waals surface area contributed by atoms with Crippen molar-refractivity contribution in [2.24, 2.45) is 5.92 Å². The Morgan fingerprint density at radius 3 is 2.60 bits per heavy atom. The van der Waals surface area contributed by atoms with Crippen LogP contribution < -0.4 is 5.32 Å². The minimum absolute atomic E-state index is 0.116. The second kappa shape index (κ2) is 6.83. The summed E-state index contributed by atoms with van der Waals surface area (Å²) in [4.78, 5) is 11.3. The molecule has 3 heteroatoms. The maximum Gasteiger partial charge on any atom is 0.319 e. The van der Waals surface area contributed by atoms with Crippen molar-refractivity contribution in [3.05, 3.63) is 0 Å². The number of ether oxygens (including phenoxy) is 1. The van der Waals surface area contributed by atoms with E-state index in [2.05, 4.69) is 5.32 Å². The molecule has 1 aliphatic rings. The highest BCUT2D eigenvalue weighted by atomic mass is 16.5. The molecule has 0 aliphatic heterocycles. The average molecular weight is 213 g/mol. The summed E-state index contributed by atoms with van der Waals surface area (Å²) in [6.07, 6.45) is 6.40. The quantitative estimate of drug-likeness (QED) is 0.711. The van der Waals surface area contributed by atoms with Crippen LogP contribution in [0.4, 0.5) is 0 Å². The van der Waals surface area contributed by atoms with Gasteiger partial charge in [0.05, 0.1) is 13.2 Å². The zero-order valence-electron chi connectivity index (χ0n) is 9.92. The maximum absolute atomic E-state index is 11.3. The molecule has 15 heavy (non-hydrogen) atoms. The van der Waals surface area contributed by atoms with Crippen molar-refractivity contribution < 1.29 is 9.53 Å².